The summed E-state index contributed by atoms with van der Waals surface area (Å²) in [5.74, 6) is 0. The third-order valence-electron chi connectivity index (χ3n) is 3.18. The van der Waals surface area contributed by atoms with Crippen molar-refractivity contribution in [1.29, 1.82) is 0 Å². The molecule has 94 valence electrons. The van der Waals surface area contributed by atoms with Crippen LogP contribution in [0.25, 0.3) is 0 Å². The van der Waals surface area contributed by atoms with Gasteiger partial charge in [-0.05, 0) is 38.1 Å². The molecule has 18 heavy (non-hydrogen) atoms. The summed E-state index contributed by atoms with van der Waals surface area (Å²) >= 11 is 0. The number of likely N-dealkylation sites (N-methyl/N-ethyl adjacent to an activating group) is 1. The normalized spacial score (nSPS) is 12.4. The van der Waals surface area contributed by atoms with Crippen LogP contribution in [0.5, 0.6) is 0 Å². The standard InChI is InChI=1S/C16H20N2/c1-12-5-4-6-14(9-12)16(17-3)10-15-8-7-13(2)11-18-15/h4-9,11,16-17H,10H2,1-3H3. The quantitative estimate of drug-likeness (QED) is 0.887. The smallest absolute Gasteiger partial charge is 0.0422 e. The Balaban J connectivity index is 2.17. The SMILES string of the molecule is CNC(Cc1ccc(C)cn1)c1cccc(C)c1. The van der Waals surface area contributed by atoms with Crippen LogP contribution in [0.1, 0.15) is 28.4 Å². The molecule has 0 aliphatic carbocycles. The van der Waals surface area contributed by atoms with E-state index in [9.17, 15) is 0 Å². The van der Waals surface area contributed by atoms with Gasteiger partial charge in [0.1, 0.15) is 0 Å². The zero-order valence-electron chi connectivity index (χ0n) is 11.3. The Bertz CT molecular complexity index is 503. The van der Waals surface area contributed by atoms with Gasteiger partial charge in [0.05, 0.1) is 0 Å². The first kappa shape index (κ1) is 12.8. The summed E-state index contributed by atoms with van der Waals surface area (Å²) in [7, 11) is 2.00. The molecule has 0 saturated carbocycles. The van der Waals surface area contributed by atoms with E-state index in [0.717, 1.165) is 12.1 Å². The molecule has 0 aliphatic rings. The van der Waals surface area contributed by atoms with Gasteiger partial charge < -0.3 is 5.32 Å². The minimum atomic E-state index is 0.320. The number of nitrogens with one attached hydrogen (secondary N) is 1. The van der Waals surface area contributed by atoms with E-state index in [2.05, 4.69) is 60.5 Å². The van der Waals surface area contributed by atoms with Crippen molar-refractivity contribution in [2.24, 2.45) is 0 Å². The van der Waals surface area contributed by atoms with Crippen LogP contribution in [0.15, 0.2) is 42.6 Å². The summed E-state index contributed by atoms with van der Waals surface area (Å²) in [4.78, 5) is 4.47. The van der Waals surface area contributed by atoms with Crippen LogP contribution in [-0.4, -0.2) is 12.0 Å². The van der Waals surface area contributed by atoms with Crippen LogP contribution in [-0.2, 0) is 6.42 Å². The number of nitrogens with zero attached hydrogens (tertiary/aromatic N) is 1. The summed E-state index contributed by atoms with van der Waals surface area (Å²) in [6.07, 6.45) is 2.85. The molecule has 0 fully saturated rings. The predicted molar refractivity (Wildman–Crippen MR) is 75.7 cm³/mol. The molecule has 1 unspecified atom stereocenters. The lowest BCUT2D eigenvalue weighted by atomic mass is 10.00. The minimum Gasteiger partial charge on any atom is -0.313 e. The van der Waals surface area contributed by atoms with Crippen LogP contribution in [0.2, 0.25) is 0 Å². The van der Waals surface area contributed by atoms with Crippen LogP contribution in [0.3, 0.4) is 0 Å². The van der Waals surface area contributed by atoms with Crippen molar-refractivity contribution in [3.05, 3.63) is 65.0 Å². The highest BCUT2D eigenvalue weighted by molar-refractivity contribution is 5.26. The Morgan fingerprint density at radius 3 is 2.56 bits per heavy atom. The van der Waals surface area contributed by atoms with Gasteiger partial charge in [0.15, 0.2) is 0 Å². The van der Waals surface area contributed by atoms with E-state index in [0.29, 0.717) is 6.04 Å². The van der Waals surface area contributed by atoms with Gasteiger partial charge >= 0.3 is 0 Å². The Hall–Kier alpha value is -1.67. The van der Waals surface area contributed by atoms with Crippen molar-refractivity contribution in [2.75, 3.05) is 7.05 Å². The van der Waals surface area contributed by atoms with Gasteiger partial charge in [0, 0.05) is 24.4 Å². The molecular weight excluding hydrogens is 220 g/mol. The van der Waals surface area contributed by atoms with E-state index in [-0.39, 0.29) is 0 Å². The fourth-order valence-corrected chi connectivity index (χ4v) is 2.10. The van der Waals surface area contributed by atoms with Crippen molar-refractivity contribution in [3.63, 3.8) is 0 Å². The minimum absolute atomic E-state index is 0.320. The maximum absolute atomic E-state index is 4.47. The fraction of sp³-hybridized carbons (Fsp3) is 0.312. The zero-order chi connectivity index (χ0) is 13.0. The van der Waals surface area contributed by atoms with E-state index in [4.69, 9.17) is 0 Å². The number of rotatable bonds is 4. The molecule has 0 radical (unpaired) electrons. The van der Waals surface area contributed by atoms with Crippen LogP contribution in [0.4, 0.5) is 0 Å². The number of hydrogen-bond donors (Lipinski definition) is 1. The second-order valence-electron chi connectivity index (χ2n) is 4.79. The molecule has 0 aliphatic heterocycles. The second-order valence-corrected chi connectivity index (χ2v) is 4.79. The molecule has 2 heteroatoms. The molecule has 1 heterocycles. The van der Waals surface area contributed by atoms with Gasteiger partial charge in [-0.15, -0.1) is 0 Å². The molecule has 1 aromatic heterocycles. The van der Waals surface area contributed by atoms with Crippen LogP contribution < -0.4 is 5.32 Å². The van der Waals surface area contributed by atoms with Crippen LogP contribution in [0, 0.1) is 13.8 Å². The number of benzene rings is 1. The molecule has 2 nitrogen and oxygen atoms in total. The first-order valence-electron chi connectivity index (χ1n) is 6.34. The van der Waals surface area contributed by atoms with Gasteiger partial charge in [0.25, 0.3) is 0 Å². The largest absolute Gasteiger partial charge is 0.313 e. The molecule has 1 aromatic carbocycles. The molecule has 2 aromatic rings. The Morgan fingerprint density at radius 2 is 1.94 bits per heavy atom. The summed E-state index contributed by atoms with van der Waals surface area (Å²) in [6.45, 7) is 4.19. The van der Waals surface area contributed by atoms with Crippen molar-refractivity contribution >= 4 is 0 Å². The van der Waals surface area contributed by atoms with Crippen molar-refractivity contribution < 1.29 is 0 Å². The highest BCUT2D eigenvalue weighted by Crippen LogP contribution is 2.18. The topological polar surface area (TPSA) is 24.9 Å². The van der Waals surface area contributed by atoms with E-state index < -0.39 is 0 Å². The van der Waals surface area contributed by atoms with Crippen molar-refractivity contribution in [1.82, 2.24) is 10.3 Å². The maximum Gasteiger partial charge on any atom is 0.0422 e. The molecule has 1 atom stereocenters. The molecule has 0 amide bonds. The first-order chi connectivity index (χ1) is 8.69. The first-order valence-corrected chi connectivity index (χ1v) is 6.34. The average Bonchev–Trinajstić information content (AvgIpc) is 2.38. The lowest BCUT2D eigenvalue weighted by molar-refractivity contribution is 0.584. The second kappa shape index (κ2) is 5.78. The predicted octanol–water partition coefficient (Wildman–Crippen LogP) is 3.20. The van der Waals surface area contributed by atoms with Gasteiger partial charge in [-0.3, -0.25) is 4.98 Å². The van der Waals surface area contributed by atoms with Gasteiger partial charge in [-0.1, -0.05) is 35.9 Å². The maximum atomic E-state index is 4.47. The van der Waals surface area contributed by atoms with Gasteiger partial charge in [0.2, 0.25) is 0 Å². The zero-order valence-corrected chi connectivity index (χ0v) is 11.3. The highest BCUT2D eigenvalue weighted by atomic mass is 14.9. The Kier molecular flexibility index (Phi) is 4.11. The molecule has 2 rings (SSSR count). The van der Waals surface area contributed by atoms with E-state index in [1.165, 1.54) is 16.7 Å². The Labute approximate surface area is 109 Å². The fourth-order valence-electron chi connectivity index (χ4n) is 2.10. The van der Waals surface area contributed by atoms with Crippen molar-refractivity contribution in [3.8, 4) is 0 Å². The average molecular weight is 240 g/mol. The van der Waals surface area contributed by atoms with E-state index >= 15 is 0 Å². The monoisotopic (exact) mass is 240 g/mol. The molecule has 0 bridgehead atoms. The third-order valence-corrected chi connectivity index (χ3v) is 3.18. The molecule has 0 spiro atoms. The number of pyridine rings is 1. The van der Waals surface area contributed by atoms with Gasteiger partial charge in [-0.2, -0.15) is 0 Å². The summed E-state index contributed by atoms with van der Waals surface area (Å²) < 4.78 is 0. The molecule has 0 saturated heterocycles. The molecule has 1 N–H and O–H groups in total. The van der Waals surface area contributed by atoms with E-state index in [1.54, 1.807) is 0 Å². The Morgan fingerprint density at radius 1 is 1.11 bits per heavy atom. The molecular formula is C16H20N2. The lowest BCUT2D eigenvalue weighted by Crippen LogP contribution is -2.19. The summed E-state index contributed by atoms with van der Waals surface area (Å²) in [6, 6.07) is 13.2. The van der Waals surface area contributed by atoms with Crippen molar-refractivity contribution in [2.45, 2.75) is 26.3 Å². The summed E-state index contributed by atoms with van der Waals surface area (Å²) in [5.41, 5.74) is 4.95. The summed E-state index contributed by atoms with van der Waals surface area (Å²) in [5, 5.41) is 3.37. The number of aryl methyl sites for hydroxylation is 2. The van der Waals surface area contributed by atoms with Crippen LogP contribution >= 0.6 is 0 Å². The number of aromatic nitrogens is 1. The van der Waals surface area contributed by atoms with Gasteiger partial charge in [-0.25, -0.2) is 0 Å². The lowest BCUT2D eigenvalue weighted by Gasteiger charge is -2.17. The highest BCUT2D eigenvalue weighted by Gasteiger charge is 2.10. The third kappa shape index (κ3) is 3.17. The number of hydrogen-bond acceptors (Lipinski definition) is 2. The van der Waals surface area contributed by atoms with E-state index in [1.807, 2.05) is 13.2 Å².